The number of para-hydroxylation sites is 1. The Kier molecular flexibility index (Phi) is 6.96. The summed E-state index contributed by atoms with van der Waals surface area (Å²) in [6, 6.07) is 14.3. The van der Waals surface area contributed by atoms with E-state index in [2.05, 4.69) is 10.6 Å². The Balaban J connectivity index is 1.63. The van der Waals surface area contributed by atoms with E-state index in [1.165, 1.54) is 11.6 Å². The molecule has 0 radical (unpaired) electrons. The van der Waals surface area contributed by atoms with Crippen LogP contribution in [0, 0.1) is 5.82 Å². The number of benzene rings is 2. The normalized spacial score (nSPS) is 10.3. The largest absolute Gasteiger partial charge is 0.362 e. The average Bonchev–Trinajstić information content (AvgIpc) is 2.51. The van der Waals surface area contributed by atoms with E-state index in [1.54, 1.807) is 30.0 Å². The first-order valence-corrected chi connectivity index (χ1v) is 8.71. The number of hydrogen-bond donors (Lipinski definition) is 2. The molecule has 0 unspecified atom stereocenters. The van der Waals surface area contributed by atoms with E-state index in [0.29, 0.717) is 10.8 Å². The fraction of sp³-hybridized carbons (Fsp3) is 0.188. The van der Waals surface area contributed by atoms with Gasteiger partial charge in [0.05, 0.1) is 5.69 Å². The van der Waals surface area contributed by atoms with Crippen LogP contribution in [0.5, 0.6) is 0 Å². The van der Waals surface area contributed by atoms with Gasteiger partial charge in [-0.3, -0.25) is 0 Å². The van der Waals surface area contributed by atoms with Gasteiger partial charge in [-0.2, -0.15) is 11.8 Å². The Labute approximate surface area is 144 Å². The van der Waals surface area contributed by atoms with Crippen LogP contribution in [0.3, 0.4) is 0 Å². The van der Waals surface area contributed by atoms with Crippen LogP contribution in [0.2, 0.25) is 5.02 Å². The van der Waals surface area contributed by atoms with E-state index in [4.69, 9.17) is 23.8 Å². The Hall–Kier alpha value is -1.30. The maximum atomic E-state index is 13.4. The molecule has 0 aliphatic rings. The van der Waals surface area contributed by atoms with E-state index in [-0.39, 0.29) is 5.82 Å². The van der Waals surface area contributed by atoms with Gasteiger partial charge in [0.1, 0.15) is 5.82 Å². The number of hydrogen-bond acceptors (Lipinski definition) is 2. The smallest absolute Gasteiger partial charge is 0.170 e. The van der Waals surface area contributed by atoms with Crippen LogP contribution < -0.4 is 10.6 Å². The van der Waals surface area contributed by atoms with Crippen molar-refractivity contribution in [2.24, 2.45) is 0 Å². The van der Waals surface area contributed by atoms with Crippen LogP contribution in [0.1, 0.15) is 5.56 Å². The second-order valence-corrected chi connectivity index (χ2v) is 6.49. The molecule has 2 rings (SSSR count). The topological polar surface area (TPSA) is 24.1 Å². The fourth-order valence-electron chi connectivity index (χ4n) is 1.74. The zero-order valence-corrected chi connectivity index (χ0v) is 14.2. The van der Waals surface area contributed by atoms with Gasteiger partial charge in [0, 0.05) is 23.1 Å². The molecule has 2 N–H and O–H groups in total. The van der Waals surface area contributed by atoms with Crippen LogP contribution in [0.15, 0.2) is 48.5 Å². The minimum atomic E-state index is -0.316. The second-order valence-electron chi connectivity index (χ2n) is 4.54. The van der Waals surface area contributed by atoms with E-state index in [1.807, 2.05) is 24.3 Å². The van der Waals surface area contributed by atoms with Gasteiger partial charge in [-0.25, -0.2) is 4.39 Å². The highest BCUT2D eigenvalue weighted by molar-refractivity contribution is 7.98. The first kappa shape index (κ1) is 17.1. The van der Waals surface area contributed by atoms with Crippen LogP contribution in [-0.2, 0) is 5.75 Å². The lowest BCUT2D eigenvalue weighted by molar-refractivity contribution is 0.632. The van der Waals surface area contributed by atoms with Crippen molar-refractivity contribution >= 4 is 46.4 Å². The molecular weight excluding hydrogens is 339 g/mol. The molecule has 0 saturated carbocycles. The van der Waals surface area contributed by atoms with Gasteiger partial charge in [-0.15, -0.1) is 0 Å². The third-order valence-corrected chi connectivity index (χ3v) is 4.36. The molecule has 0 atom stereocenters. The molecule has 0 bridgehead atoms. The van der Waals surface area contributed by atoms with Gasteiger partial charge in [-0.1, -0.05) is 35.9 Å². The molecule has 2 aromatic carbocycles. The summed E-state index contributed by atoms with van der Waals surface area (Å²) < 4.78 is 13.4. The lowest BCUT2D eigenvalue weighted by Gasteiger charge is -2.11. The molecule has 6 heteroatoms. The van der Waals surface area contributed by atoms with Gasteiger partial charge in [0.2, 0.25) is 0 Å². The van der Waals surface area contributed by atoms with Crippen molar-refractivity contribution in [1.29, 1.82) is 0 Å². The number of rotatable bonds is 6. The maximum absolute atomic E-state index is 13.4. The highest BCUT2D eigenvalue weighted by atomic mass is 35.5. The summed E-state index contributed by atoms with van der Waals surface area (Å²) in [5.74, 6) is 1.51. The first-order chi connectivity index (χ1) is 10.6. The van der Waals surface area contributed by atoms with Crippen molar-refractivity contribution in [2.45, 2.75) is 5.75 Å². The molecule has 0 aliphatic heterocycles. The molecule has 0 aliphatic carbocycles. The Bertz CT molecular complexity index is 620. The van der Waals surface area contributed by atoms with Gasteiger partial charge >= 0.3 is 0 Å². The second kappa shape index (κ2) is 8.98. The molecular formula is C16H16ClFN2S2. The number of thioether (sulfide) groups is 1. The Morgan fingerprint density at radius 3 is 2.59 bits per heavy atom. The quantitative estimate of drug-likeness (QED) is 0.580. The molecule has 0 amide bonds. The van der Waals surface area contributed by atoms with E-state index in [9.17, 15) is 4.39 Å². The zero-order valence-electron chi connectivity index (χ0n) is 11.8. The van der Waals surface area contributed by atoms with E-state index in [0.717, 1.165) is 23.1 Å². The summed E-state index contributed by atoms with van der Waals surface area (Å²) in [5.41, 5.74) is 1.62. The van der Waals surface area contributed by atoms with E-state index < -0.39 is 0 Å². The van der Waals surface area contributed by atoms with Crippen molar-refractivity contribution in [2.75, 3.05) is 17.6 Å². The lowest BCUT2D eigenvalue weighted by Crippen LogP contribution is -2.30. The Morgan fingerprint density at radius 1 is 1.14 bits per heavy atom. The predicted octanol–water partition coefficient (Wildman–Crippen LogP) is 4.70. The monoisotopic (exact) mass is 354 g/mol. The van der Waals surface area contributed by atoms with Crippen LogP contribution in [0.25, 0.3) is 0 Å². The summed E-state index contributed by atoms with van der Waals surface area (Å²) in [6.45, 7) is 0.721. The maximum Gasteiger partial charge on any atom is 0.170 e. The Morgan fingerprint density at radius 2 is 1.86 bits per heavy atom. The average molecular weight is 355 g/mol. The standard InChI is InChI=1S/C16H16ClFN2S2/c17-13-7-5-12(6-8-13)11-22-10-9-19-16(21)20-15-4-2-1-3-14(15)18/h1-8H,9-11H2,(H2,19,20,21). The first-order valence-electron chi connectivity index (χ1n) is 6.77. The third-order valence-electron chi connectivity index (χ3n) is 2.84. The number of nitrogens with one attached hydrogen (secondary N) is 2. The van der Waals surface area contributed by atoms with Crippen molar-refractivity contribution in [3.8, 4) is 0 Å². The van der Waals surface area contributed by atoms with Crippen LogP contribution in [0.4, 0.5) is 10.1 Å². The minimum Gasteiger partial charge on any atom is -0.362 e. The van der Waals surface area contributed by atoms with Crippen LogP contribution >= 0.6 is 35.6 Å². The highest BCUT2D eigenvalue weighted by Crippen LogP contribution is 2.15. The molecule has 0 aromatic heterocycles. The van der Waals surface area contributed by atoms with Gasteiger partial charge in [0.25, 0.3) is 0 Å². The molecule has 0 fully saturated rings. The molecule has 22 heavy (non-hydrogen) atoms. The number of anilines is 1. The van der Waals surface area contributed by atoms with Crippen molar-refractivity contribution in [3.63, 3.8) is 0 Å². The summed E-state index contributed by atoms with van der Waals surface area (Å²) >= 11 is 12.8. The molecule has 116 valence electrons. The van der Waals surface area contributed by atoms with Crippen molar-refractivity contribution in [1.82, 2.24) is 5.32 Å². The minimum absolute atomic E-state index is 0.316. The molecule has 0 heterocycles. The third kappa shape index (κ3) is 5.83. The van der Waals surface area contributed by atoms with E-state index >= 15 is 0 Å². The highest BCUT2D eigenvalue weighted by Gasteiger charge is 2.02. The molecule has 2 aromatic rings. The van der Waals surface area contributed by atoms with Crippen molar-refractivity contribution < 1.29 is 4.39 Å². The SMILES string of the molecule is Fc1ccccc1NC(=S)NCCSCc1ccc(Cl)cc1. The summed E-state index contributed by atoms with van der Waals surface area (Å²) in [7, 11) is 0. The summed E-state index contributed by atoms with van der Waals surface area (Å²) in [4.78, 5) is 0. The van der Waals surface area contributed by atoms with Crippen LogP contribution in [-0.4, -0.2) is 17.4 Å². The predicted molar refractivity (Wildman–Crippen MR) is 98.2 cm³/mol. The fourth-order valence-corrected chi connectivity index (χ4v) is 2.89. The summed E-state index contributed by atoms with van der Waals surface area (Å²) in [5, 5.41) is 7.09. The van der Waals surface area contributed by atoms with Gasteiger partial charge in [0.15, 0.2) is 5.11 Å². The number of thiocarbonyl (C=S) groups is 1. The number of halogens is 2. The lowest BCUT2D eigenvalue weighted by atomic mass is 10.2. The molecule has 0 spiro atoms. The van der Waals surface area contributed by atoms with Gasteiger partial charge < -0.3 is 10.6 Å². The molecule has 0 saturated heterocycles. The van der Waals surface area contributed by atoms with Gasteiger partial charge in [-0.05, 0) is 42.0 Å². The summed E-state index contributed by atoms with van der Waals surface area (Å²) in [6.07, 6.45) is 0. The zero-order chi connectivity index (χ0) is 15.8. The molecule has 2 nitrogen and oxygen atoms in total. The van der Waals surface area contributed by atoms with Crippen molar-refractivity contribution in [3.05, 3.63) is 64.9 Å².